The van der Waals surface area contributed by atoms with Crippen molar-refractivity contribution in [2.75, 3.05) is 24.3 Å². The largest absolute Gasteiger partial charge is 0.362 e. The molecule has 1 fully saturated rings. The van der Waals surface area contributed by atoms with E-state index in [9.17, 15) is 0 Å². The van der Waals surface area contributed by atoms with Gasteiger partial charge in [0.1, 0.15) is 5.82 Å². The Balaban J connectivity index is 1.31. The summed E-state index contributed by atoms with van der Waals surface area (Å²) < 4.78 is 0. The van der Waals surface area contributed by atoms with E-state index in [-0.39, 0.29) is 0 Å². The second kappa shape index (κ2) is 9.65. The van der Waals surface area contributed by atoms with Crippen molar-refractivity contribution in [2.45, 2.75) is 64.1 Å². The number of anilines is 2. The van der Waals surface area contributed by atoms with Crippen molar-refractivity contribution in [3.8, 4) is 0 Å². The van der Waals surface area contributed by atoms with E-state index in [2.05, 4.69) is 65.8 Å². The van der Waals surface area contributed by atoms with Crippen LogP contribution in [0.5, 0.6) is 0 Å². The van der Waals surface area contributed by atoms with Crippen LogP contribution >= 0.6 is 0 Å². The van der Waals surface area contributed by atoms with Crippen LogP contribution in [0.1, 0.15) is 56.6 Å². The Morgan fingerprint density at radius 2 is 1.58 bits per heavy atom. The molecule has 31 heavy (non-hydrogen) atoms. The molecule has 1 aromatic heterocycles. The number of fused-ring (bicyclic) bond motifs is 1. The third-order valence-corrected chi connectivity index (χ3v) is 6.31. The summed E-state index contributed by atoms with van der Waals surface area (Å²) in [4.78, 5) is 11.6. The van der Waals surface area contributed by atoms with Gasteiger partial charge in [-0.15, -0.1) is 0 Å². The lowest BCUT2D eigenvalue weighted by Gasteiger charge is -2.30. The minimum atomic E-state index is 0.430. The highest BCUT2D eigenvalue weighted by Gasteiger charge is 2.22. The summed E-state index contributed by atoms with van der Waals surface area (Å²) in [5.74, 6) is 2.29. The predicted molar refractivity (Wildman–Crippen MR) is 131 cm³/mol. The van der Waals surface area contributed by atoms with Crippen molar-refractivity contribution >= 4 is 22.7 Å². The van der Waals surface area contributed by atoms with Gasteiger partial charge >= 0.3 is 0 Å². The van der Waals surface area contributed by atoms with Gasteiger partial charge in [-0.3, -0.25) is 0 Å². The average molecular weight is 418 g/mol. The van der Waals surface area contributed by atoms with Gasteiger partial charge in [0.15, 0.2) is 0 Å². The van der Waals surface area contributed by atoms with E-state index in [1.165, 1.54) is 24.0 Å². The number of nitrogens with zero attached hydrogens (tertiary/aromatic N) is 3. The van der Waals surface area contributed by atoms with Crippen molar-refractivity contribution in [3.05, 3.63) is 59.7 Å². The lowest BCUT2D eigenvalue weighted by Crippen LogP contribution is -2.37. The van der Waals surface area contributed by atoms with E-state index in [1.807, 2.05) is 26.2 Å². The summed E-state index contributed by atoms with van der Waals surface area (Å²) in [6.45, 7) is 5.43. The van der Waals surface area contributed by atoms with Crippen molar-refractivity contribution in [1.82, 2.24) is 15.3 Å². The molecule has 0 amide bonds. The van der Waals surface area contributed by atoms with E-state index >= 15 is 0 Å². The van der Waals surface area contributed by atoms with Crippen molar-refractivity contribution in [3.63, 3.8) is 0 Å². The molecule has 1 aliphatic rings. The molecule has 0 radical (unpaired) electrons. The molecule has 164 valence electrons. The molecule has 0 saturated heterocycles. The maximum atomic E-state index is 4.80. The van der Waals surface area contributed by atoms with E-state index in [4.69, 9.17) is 9.97 Å². The topological polar surface area (TPSA) is 53.1 Å². The molecule has 0 atom stereocenters. The van der Waals surface area contributed by atoms with Crippen LogP contribution in [0.3, 0.4) is 0 Å². The first-order valence-corrected chi connectivity index (χ1v) is 11.5. The van der Waals surface area contributed by atoms with Crippen molar-refractivity contribution in [1.29, 1.82) is 0 Å². The summed E-state index contributed by atoms with van der Waals surface area (Å²) >= 11 is 0. The van der Waals surface area contributed by atoms with Crippen molar-refractivity contribution < 1.29 is 0 Å². The fraction of sp³-hybridized carbons (Fsp3) is 0.462. The highest BCUT2D eigenvalue weighted by Crippen LogP contribution is 2.26. The van der Waals surface area contributed by atoms with Crippen LogP contribution in [0.25, 0.3) is 10.9 Å². The second-order valence-corrected chi connectivity index (χ2v) is 9.25. The molecule has 1 aliphatic carbocycles. The zero-order chi connectivity index (χ0) is 21.8. The van der Waals surface area contributed by atoms with Crippen LogP contribution in [0.2, 0.25) is 0 Å². The maximum absolute atomic E-state index is 4.80. The Morgan fingerprint density at radius 3 is 2.26 bits per heavy atom. The number of rotatable bonds is 7. The molecule has 3 aromatic rings. The standard InChI is InChI=1S/C26H35N5/c1-18(2)20-11-9-19(10-12-20)17-27-21-13-15-22(16-14-21)28-26-29-24-8-6-5-7-23(24)25(30-26)31(3)4/h5-12,18,21-22,27H,13-17H2,1-4H3,(H,28,29,30)/t21-,22+. The smallest absolute Gasteiger partial charge is 0.225 e. The highest BCUT2D eigenvalue weighted by molar-refractivity contribution is 5.90. The zero-order valence-corrected chi connectivity index (χ0v) is 19.2. The first kappa shape index (κ1) is 21.6. The van der Waals surface area contributed by atoms with Gasteiger partial charge in [-0.1, -0.05) is 50.2 Å². The summed E-state index contributed by atoms with van der Waals surface area (Å²) in [5.41, 5.74) is 3.76. The lowest BCUT2D eigenvalue weighted by atomic mass is 9.91. The van der Waals surface area contributed by atoms with Gasteiger partial charge < -0.3 is 15.5 Å². The second-order valence-electron chi connectivity index (χ2n) is 9.25. The molecule has 4 rings (SSSR count). The number of hydrogen-bond acceptors (Lipinski definition) is 5. The SMILES string of the molecule is CC(C)c1ccc(CN[C@H]2CC[C@@H](Nc3nc(N(C)C)c4ccccc4n3)CC2)cc1. The van der Waals surface area contributed by atoms with Gasteiger partial charge in [0, 0.05) is 38.1 Å². The summed E-state index contributed by atoms with van der Waals surface area (Å²) in [7, 11) is 4.07. The summed E-state index contributed by atoms with van der Waals surface area (Å²) in [6, 6.07) is 18.3. The molecular formula is C26H35N5. The van der Waals surface area contributed by atoms with Crippen LogP contribution in [-0.2, 0) is 6.54 Å². The summed E-state index contributed by atoms with van der Waals surface area (Å²) in [6.07, 6.45) is 4.63. The van der Waals surface area contributed by atoms with Gasteiger partial charge in [-0.25, -0.2) is 4.98 Å². The third kappa shape index (κ3) is 5.34. The minimum absolute atomic E-state index is 0.430. The van der Waals surface area contributed by atoms with E-state index in [0.717, 1.165) is 42.1 Å². The van der Waals surface area contributed by atoms with E-state index < -0.39 is 0 Å². The third-order valence-electron chi connectivity index (χ3n) is 6.31. The van der Waals surface area contributed by atoms with E-state index in [0.29, 0.717) is 18.0 Å². The Morgan fingerprint density at radius 1 is 0.903 bits per heavy atom. The number of benzene rings is 2. The van der Waals surface area contributed by atoms with Crippen LogP contribution in [0.15, 0.2) is 48.5 Å². The van der Waals surface area contributed by atoms with Crippen LogP contribution in [0, 0.1) is 0 Å². The van der Waals surface area contributed by atoms with Gasteiger partial charge in [0.2, 0.25) is 5.95 Å². The number of nitrogens with one attached hydrogen (secondary N) is 2. The normalized spacial score (nSPS) is 19.0. The Hall–Kier alpha value is -2.66. The molecule has 2 N–H and O–H groups in total. The van der Waals surface area contributed by atoms with Gasteiger partial charge in [0.05, 0.1) is 5.52 Å². The number of hydrogen-bond donors (Lipinski definition) is 2. The van der Waals surface area contributed by atoms with Gasteiger partial charge in [-0.2, -0.15) is 4.98 Å². The molecule has 0 unspecified atom stereocenters. The van der Waals surface area contributed by atoms with Gasteiger partial charge in [0.25, 0.3) is 0 Å². The molecule has 0 spiro atoms. The fourth-order valence-electron chi connectivity index (χ4n) is 4.37. The quantitative estimate of drug-likeness (QED) is 0.544. The molecular weight excluding hydrogens is 382 g/mol. The number of aromatic nitrogens is 2. The first-order valence-electron chi connectivity index (χ1n) is 11.5. The molecule has 5 heteroatoms. The molecule has 1 heterocycles. The average Bonchev–Trinajstić information content (AvgIpc) is 2.78. The lowest BCUT2D eigenvalue weighted by molar-refractivity contribution is 0.352. The zero-order valence-electron chi connectivity index (χ0n) is 19.2. The Labute approximate surface area is 186 Å². The molecule has 0 aliphatic heterocycles. The minimum Gasteiger partial charge on any atom is -0.362 e. The van der Waals surface area contributed by atoms with E-state index in [1.54, 1.807) is 0 Å². The fourth-order valence-corrected chi connectivity index (χ4v) is 4.37. The maximum Gasteiger partial charge on any atom is 0.225 e. The first-order chi connectivity index (χ1) is 15.0. The summed E-state index contributed by atoms with van der Waals surface area (Å²) in [5, 5.41) is 8.45. The number of para-hydroxylation sites is 1. The van der Waals surface area contributed by atoms with Crippen LogP contribution in [0.4, 0.5) is 11.8 Å². The monoisotopic (exact) mass is 417 g/mol. The molecule has 2 aromatic carbocycles. The molecule has 1 saturated carbocycles. The van der Waals surface area contributed by atoms with Crippen LogP contribution < -0.4 is 15.5 Å². The molecule has 5 nitrogen and oxygen atoms in total. The van der Waals surface area contributed by atoms with Gasteiger partial charge in [-0.05, 0) is 54.9 Å². The molecule has 0 bridgehead atoms. The Kier molecular flexibility index (Phi) is 6.71. The highest BCUT2D eigenvalue weighted by atomic mass is 15.2. The predicted octanol–water partition coefficient (Wildman–Crippen LogP) is 5.33. The van der Waals surface area contributed by atoms with Crippen LogP contribution in [-0.4, -0.2) is 36.1 Å². The van der Waals surface area contributed by atoms with Crippen molar-refractivity contribution in [2.24, 2.45) is 0 Å². The Bertz CT molecular complexity index is 988.